The number of aliphatic imine (C=N–C) groups is 1. The number of nitrogens with zero attached hydrogens (tertiary/aromatic N) is 1. The van der Waals surface area contributed by atoms with E-state index in [0.29, 0.717) is 5.84 Å². The lowest BCUT2D eigenvalue weighted by Gasteiger charge is -1.92. The van der Waals surface area contributed by atoms with Crippen molar-refractivity contribution in [3.8, 4) is 0 Å². The lowest BCUT2D eigenvalue weighted by atomic mass is 10.7. The molecule has 0 heterocycles. The molecule has 0 aromatic rings. The predicted octanol–water partition coefficient (Wildman–Crippen LogP) is 1.81. The normalized spacial score (nSPS) is 10.4. The molecule has 0 aliphatic heterocycles. The van der Waals surface area contributed by atoms with Crippen LogP contribution in [0.3, 0.4) is 0 Å². The smallest absolute Gasteiger partial charge is 0.130 e. The van der Waals surface area contributed by atoms with E-state index >= 15 is 0 Å². The van der Waals surface area contributed by atoms with Gasteiger partial charge >= 0.3 is 0 Å². The van der Waals surface area contributed by atoms with Crippen molar-refractivity contribution in [3.63, 3.8) is 0 Å². The molecular formula is C6H12N2S. The summed E-state index contributed by atoms with van der Waals surface area (Å²) < 4.78 is 0. The molecule has 0 atom stereocenters. The summed E-state index contributed by atoms with van der Waals surface area (Å²) in [4.78, 5) is 3.80. The summed E-state index contributed by atoms with van der Waals surface area (Å²) >= 11 is 1.72. The largest absolute Gasteiger partial charge is 0.286 e. The van der Waals surface area contributed by atoms with Crippen molar-refractivity contribution in [2.45, 2.75) is 13.8 Å². The van der Waals surface area contributed by atoms with E-state index in [1.54, 1.807) is 18.0 Å². The quantitative estimate of drug-likeness (QED) is 0.476. The van der Waals surface area contributed by atoms with Crippen LogP contribution in [-0.4, -0.2) is 23.6 Å². The number of rotatable bonds is 3. The van der Waals surface area contributed by atoms with Gasteiger partial charge in [0.2, 0.25) is 0 Å². The Kier molecular flexibility index (Phi) is 5.62. The molecule has 0 bridgehead atoms. The fourth-order valence-electron chi connectivity index (χ4n) is 0.392. The molecule has 1 N–H and O–H groups in total. The predicted molar refractivity (Wildman–Crippen MR) is 44.9 cm³/mol. The van der Waals surface area contributed by atoms with Crippen LogP contribution in [0.25, 0.3) is 0 Å². The first-order chi connectivity index (χ1) is 4.31. The van der Waals surface area contributed by atoms with E-state index < -0.39 is 0 Å². The number of nitrogens with one attached hydrogen (secondary N) is 1. The average Bonchev–Trinajstić information content (AvgIpc) is 1.85. The zero-order chi connectivity index (χ0) is 7.11. The van der Waals surface area contributed by atoms with Crippen LogP contribution in [0.5, 0.6) is 0 Å². The van der Waals surface area contributed by atoms with E-state index in [1.165, 1.54) is 0 Å². The number of hydrogen-bond donors (Lipinski definition) is 1. The molecule has 0 aliphatic rings. The summed E-state index contributed by atoms with van der Waals surface area (Å²) in [6.07, 6.45) is 1.65. The SMILES string of the molecule is CC=NC(=N)CSCC. The minimum absolute atomic E-state index is 0.462. The maximum absolute atomic E-state index is 7.17. The van der Waals surface area contributed by atoms with Gasteiger partial charge in [0.25, 0.3) is 0 Å². The van der Waals surface area contributed by atoms with Gasteiger partial charge in [-0.1, -0.05) is 6.92 Å². The molecule has 2 nitrogen and oxygen atoms in total. The monoisotopic (exact) mass is 144 g/mol. The minimum Gasteiger partial charge on any atom is -0.286 e. The topological polar surface area (TPSA) is 36.2 Å². The van der Waals surface area contributed by atoms with E-state index in [4.69, 9.17) is 5.41 Å². The highest BCUT2D eigenvalue weighted by atomic mass is 32.2. The molecule has 0 aliphatic carbocycles. The molecular weight excluding hydrogens is 132 g/mol. The molecule has 0 aromatic carbocycles. The third kappa shape index (κ3) is 5.56. The molecule has 52 valence electrons. The van der Waals surface area contributed by atoms with Crippen LogP contribution in [0, 0.1) is 5.41 Å². The molecule has 0 saturated carbocycles. The van der Waals surface area contributed by atoms with Crippen LogP contribution in [0.4, 0.5) is 0 Å². The van der Waals surface area contributed by atoms with Gasteiger partial charge < -0.3 is 0 Å². The van der Waals surface area contributed by atoms with Gasteiger partial charge in [-0.2, -0.15) is 11.8 Å². The lowest BCUT2D eigenvalue weighted by Crippen LogP contribution is -1.95. The maximum atomic E-state index is 7.17. The standard InChI is InChI=1S/C6H12N2S/c1-3-8-6(7)5-9-4-2/h3,7H,4-5H2,1-2H3. The zero-order valence-electron chi connectivity index (χ0n) is 5.85. The Hall–Kier alpha value is -0.310. The van der Waals surface area contributed by atoms with E-state index in [-0.39, 0.29) is 0 Å². The molecule has 0 rings (SSSR count). The zero-order valence-corrected chi connectivity index (χ0v) is 6.66. The Labute approximate surface area is 60.3 Å². The number of amidine groups is 1. The second kappa shape index (κ2) is 5.82. The number of hydrogen-bond acceptors (Lipinski definition) is 2. The van der Waals surface area contributed by atoms with Crippen LogP contribution in [0.15, 0.2) is 4.99 Å². The van der Waals surface area contributed by atoms with Gasteiger partial charge in [0.1, 0.15) is 5.84 Å². The van der Waals surface area contributed by atoms with E-state index in [1.807, 2.05) is 6.92 Å². The van der Waals surface area contributed by atoms with Crippen LogP contribution < -0.4 is 0 Å². The van der Waals surface area contributed by atoms with Crippen molar-refractivity contribution >= 4 is 23.8 Å². The van der Waals surface area contributed by atoms with Gasteiger partial charge in [0, 0.05) is 6.21 Å². The Morgan fingerprint density at radius 2 is 2.44 bits per heavy atom. The summed E-state index contributed by atoms with van der Waals surface area (Å²) in [5, 5.41) is 7.17. The van der Waals surface area contributed by atoms with Crippen LogP contribution in [0.1, 0.15) is 13.8 Å². The van der Waals surface area contributed by atoms with Gasteiger partial charge in [-0.25, -0.2) is 4.99 Å². The van der Waals surface area contributed by atoms with Gasteiger partial charge in [-0.3, -0.25) is 5.41 Å². The summed E-state index contributed by atoms with van der Waals surface area (Å²) in [6.45, 7) is 3.90. The molecule has 0 fully saturated rings. The molecule has 0 amide bonds. The third-order valence-electron chi connectivity index (χ3n) is 0.728. The average molecular weight is 144 g/mol. The second-order valence-corrected chi connectivity index (χ2v) is 2.75. The summed E-state index contributed by atoms with van der Waals surface area (Å²) in [5.41, 5.74) is 0. The van der Waals surface area contributed by atoms with Gasteiger partial charge in [-0.05, 0) is 12.7 Å². The molecule has 0 radical (unpaired) electrons. The van der Waals surface area contributed by atoms with Crippen LogP contribution >= 0.6 is 11.8 Å². The van der Waals surface area contributed by atoms with E-state index in [2.05, 4.69) is 11.9 Å². The first-order valence-electron chi connectivity index (χ1n) is 2.95. The van der Waals surface area contributed by atoms with Crippen molar-refractivity contribution in [2.75, 3.05) is 11.5 Å². The molecule has 0 saturated heterocycles. The first kappa shape index (κ1) is 8.69. The highest BCUT2D eigenvalue weighted by molar-refractivity contribution is 7.99. The Morgan fingerprint density at radius 3 is 2.89 bits per heavy atom. The highest BCUT2D eigenvalue weighted by Gasteiger charge is 1.88. The fraction of sp³-hybridized carbons (Fsp3) is 0.667. The fourth-order valence-corrected chi connectivity index (χ4v) is 0.864. The van der Waals surface area contributed by atoms with Gasteiger partial charge in [0.15, 0.2) is 0 Å². The summed E-state index contributed by atoms with van der Waals surface area (Å²) in [5.74, 6) is 2.26. The van der Waals surface area contributed by atoms with Crippen molar-refractivity contribution in [1.29, 1.82) is 5.41 Å². The van der Waals surface area contributed by atoms with Crippen molar-refractivity contribution in [3.05, 3.63) is 0 Å². The molecule has 9 heavy (non-hydrogen) atoms. The molecule has 3 heteroatoms. The van der Waals surface area contributed by atoms with E-state index in [9.17, 15) is 0 Å². The van der Waals surface area contributed by atoms with Crippen molar-refractivity contribution < 1.29 is 0 Å². The van der Waals surface area contributed by atoms with Crippen LogP contribution in [0.2, 0.25) is 0 Å². The summed E-state index contributed by atoms with van der Waals surface area (Å²) in [7, 11) is 0. The Morgan fingerprint density at radius 1 is 1.78 bits per heavy atom. The van der Waals surface area contributed by atoms with Gasteiger partial charge in [-0.15, -0.1) is 0 Å². The Bertz CT molecular complexity index is 110. The highest BCUT2D eigenvalue weighted by Crippen LogP contribution is 1.97. The van der Waals surface area contributed by atoms with Crippen molar-refractivity contribution in [2.24, 2.45) is 4.99 Å². The second-order valence-electron chi connectivity index (χ2n) is 1.47. The number of thioether (sulfide) groups is 1. The third-order valence-corrected chi connectivity index (χ3v) is 1.61. The molecule has 0 spiro atoms. The molecule has 0 aromatic heterocycles. The van der Waals surface area contributed by atoms with Gasteiger partial charge in [0.05, 0.1) is 5.75 Å². The summed E-state index contributed by atoms with van der Waals surface area (Å²) in [6, 6.07) is 0. The lowest BCUT2D eigenvalue weighted by molar-refractivity contribution is 1.41. The molecule has 0 unspecified atom stereocenters. The Balaban J connectivity index is 3.27. The van der Waals surface area contributed by atoms with Crippen LogP contribution in [-0.2, 0) is 0 Å². The maximum Gasteiger partial charge on any atom is 0.130 e. The van der Waals surface area contributed by atoms with E-state index in [0.717, 1.165) is 11.5 Å². The first-order valence-corrected chi connectivity index (χ1v) is 4.10. The van der Waals surface area contributed by atoms with Crippen molar-refractivity contribution in [1.82, 2.24) is 0 Å². The minimum atomic E-state index is 0.462.